The van der Waals surface area contributed by atoms with Gasteiger partial charge in [0.2, 0.25) is 10.0 Å². The summed E-state index contributed by atoms with van der Waals surface area (Å²) in [6.45, 7) is -0.137. The Morgan fingerprint density at radius 1 is 0.903 bits per heavy atom. The van der Waals surface area contributed by atoms with Gasteiger partial charge in [0, 0.05) is 11.7 Å². The number of benzene rings is 3. The Labute approximate surface area is 182 Å². The predicted molar refractivity (Wildman–Crippen MR) is 122 cm³/mol. The zero-order valence-electron chi connectivity index (χ0n) is 17.2. The maximum absolute atomic E-state index is 12.6. The molecule has 4 rings (SSSR count). The van der Waals surface area contributed by atoms with E-state index in [0.717, 1.165) is 42.9 Å². The minimum absolute atomic E-state index is 0.00499. The number of hydrogen-bond acceptors (Lipinski definition) is 4. The number of carbonyl (C=O) groups is 1. The van der Waals surface area contributed by atoms with Gasteiger partial charge in [-0.2, -0.15) is 0 Å². The summed E-state index contributed by atoms with van der Waals surface area (Å²) < 4.78 is 33.5. The molecule has 1 fully saturated rings. The second-order valence-corrected chi connectivity index (χ2v) is 9.54. The molecule has 3 aromatic carbocycles. The van der Waals surface area contributed by atoms with E-state index in [-0.39, 0.29) is 23.5 Å². The largest absolute Gasteiger partial charge is 0.484 e. The van der Waals surface area contributed by atoms with E-state index in [2.05, 4.69) is 10.0 Å². The smallest absolute Gasteiger partial charge is 0.262 e. The monoisotopic (exact) mass is 438 g/mol. The number of hydrogen-bond donors (Lipinski definition) is 2. The van der Waals surface area contributed by atoms with E-state index >= 15 is 0 Å². The molecule has 0 aromatic heterocycles. The number of nitrogens with one attached hydrogen (secondary N) is 2. The molecular weight excluding hydrogens is 412 g/mol. The van der Waals surface area contributed by atoms with Crippen molar-refractivity contribution in [1.29, 1.82) is 0 Å². The maximum Gasteiger partial charge on any atom is 0.262 e. The van der Waals surface area contributed by atoms with Crippen LogP contribution in [-0.4, -0.2) is 27.0 Å². The number of amides is 1. The van der Waals surface area contributed by atoms with Crippen LogP contribution in [0.5, 0.6) is 5.75 Å². The second-order valence-electron chi connectivity index (χ2n) is 7.83. The van der Waals surface area contributed by atoms with Crippen molar-refractivity contribution in [2.75, 3.05) is 11.9 Å². The fourth-order valence-corrected chi connectivity index (χ4v) is 5.13. The van der Waals surface area contributed by atoms with Crippen molar-refractivity contribution in [3.8, 4) is 5.75 Å². The van der Waals surface area contributed by atoms with E-state index in [1.54, 1.807) is 12.1 Å². The van der Waals surface area contributed by atoms with Gasteiger partial charge in [0.05, 0.1) is 4.90 Å². The number of fused-ring (bicyclic) bond motifs is 1. The van der Waals surface area contributed by atoms with Crippen LogP contribution in [0, 0.1) is 0 Å². The molecule has 7 heteroatoms. The van der Waals surface area contributed by atoms with Crippen LogP contribution >= 0.6 is 0 Å². The van der Waals surface area contributed by atoms with Crippen molar-refractivity contribution < 1.29 is 17.9 Å². The number of carbonyl (C=O) groups excluding carboxylic acids is 1. The van der Waals surface area contributed by atoms with Crippen molar-refractivity contribution in [3.63, 3.8) is 0 Å². The summed E-state index contributed by atoms with van der Waals surface area (Å²) in [5, 5.41) is 4.87. The maximum atomic E-state index is 12.6. The Hall–Kier alpha value is -2.90. The van der Waals surface area contributed by atoms with Gasteiger partial charge >= 0.3 is 0 Å². The van der Waals surface area contributed by atoms with Crippen LogP contribution < -0.4 is 14.8 Å². The summed E-state index contributed by atoms with van der Waals surface area (Å²) in [5.74, 6) is 0.299. The molecule has 0 unspecified atom stereocenters. The zero-order valence-corrected chi connectivity index (χ0v) is 18.0. The van der Waals surface area contributed by atoms with E-state index in [1.165, 1.54) is 12.1 Å². The van der Waals surface area contributed by atoms with Gasteiger partial charge in [0.1, 0.15) is 5.75 Å². The minimum atomic E-state index is -3.56. The summed E-state index contributed by atoms with van der Waals surface area (Å²) in [4.78, 5) is 12.4. The van der Waals surface area contributed by atoms with Gasteiger partial charge in [-0.3, -0.25) is 4.79 Å². The first kappa shape index (κ1) is 21.3. The van der Waals surface area contributed by atoms with Gasteiger partial charge in [0.25, 0.3) is 5.91 Å². The average molecular weight is 439 g/mol. The topological polar surface area (TPSA) is 84.5 Å². The van der Waals surface area contributed by atoms with Crippen molar-refractivity contribution in [3.05, 3.63) is 66.7 Å². The molecule has 2 N–H and O–H groups in total. The van der Waals surface area contributed by atoms with E-state index in [4.69, 9.17) is 4.74 Å². The van der Waals surface area contributed by atoms with Gasteiger partial charge in [0.15, 0.2) is 6.61 Å². The third-order valence-electron chi connectivity index (χ3n) is 5.47. The Balaban J connectivity index is 1.32. The van der Waals surface area contributed by atoms with Crippen LogP contribution in [0.1, 0.15) is 32.1 Å². The van der Waals surface area contributed by atoms with Crippen molar-refractivity contribution in [2.45, 2.75) is 43.0 Å². The first-order valence-corrected chi connectivity index (χ1v) is 12.0. The average Bonchev–Trinajstić information content (AvgIpc) is 2.78. The molecule has 0 aliphatic heterocycles. The first-order valence-electron chi connectivity index (χ1n) is 10.5. The van der Waals surface area contributed by atoms with E-state index in [9.17, 15) is 13.2 Å². The minimum Gasteiger partial charge on any atom is -0.484 e. The molecule has 0 radical (unpaired) electrons. The molecular formula is C24H26N2O4S. The number of sulfonamides is 1. The van der Waals surface area contributed by atoms with Gasteiger partial charge < -0.3 is 10.1 Å². The lowest BCUT2D eigenvalue weighted by Gasteiger charge is -2.22. The van der Waals surface area contributed by atoms with E-state index in [0.29, 0.717) is 11.4 Å². The molecule has 1 saturated carbocycles. The van der Waals surface area contributed by atoms with Gasteiger partial charge in [-0.1, -0.05) is 49.6 Å². The van der Waals surface area contributed by atoms with Crippen molar-refractivity contribution in [2.24, 2.45) is 0 Å². The highest BCUT2D eigenvalue weighted by molar-refractivity contribution is 7.89. The summed E-state index contributed by atoms with van der Waals surface area (Å²) in [5.41, 5.74) is 0.517. The SMILES string of the molecule is O=C(COc1ccc2ccccc2c1)Nc1ccc(S(=O)(=O)NC2CCCCC2)cc1. The molecule has 6 nitrogen and oxygen atoms in total. The van der Waals surface area contributed by atoms with Gasteiger partial charge in [-0.15, -0.1) is 0 Å². The molecule has 1 aliphatic rings. The lowest BCUT2D eigenvalue weighted by molar-refractivity contribution is -0.118. The summed E-state index contributed by atoms with van der Waals surface area (Å²) in [6.07, 6.45) is 5.03. The third kappa shape index (κ3) is 5.62. The molecule has 0 atom stereocenters. The van der Waals surface area contributed by atoms with Crippen LogP contribution in [0.25, 0.3) is 10.8 Å². The summed E-state index contributed by atoms with van der Waals surface area (Å²) in [6, 6.07) is 19.8. The Morgan fingerprint density at radius 2 is 1.61 bits per heavy atom. The molecule has 0 saturated heterocycles. The third-order valence-corrected chi connectivity index (χ3v) is 7.00. The van der Waals surface area contributed by atoms with Crippen molar-refractivity contribution >= 4 is 32.4 Å². The fraction of sp³-hybridized carbons (Fsp3) is 0.292. The molecule has 162 valence electrons. The Bertz CT molecular complexity index is 1150. The highest BCUT2D eigenvalue weighted by atomic mass is 32.2. The number of anilines is 1. The Morgan fingerprint density at radius 3 is 2.35 bits per heavy atom. The van der Waals surface area contributed by atoms with Crippen LogP contribution in [-0.2, 0) is 14.8 Å². The van der Waals surface area contributed by atoms with Gasteiger partial charge in [-0.05, 0) is 60.0 Å². The highest BCUT2D eigenvalue weighted by Gasteiger charge is 2.21. The predicted octanol–water partition coefficient (Wildman–Crippen LogP) is 4.47. The molecule has 3 aromatic rings. The molecule has 0 bridgehead atoms. The number of ether oxygens (including phenoxy) is 1. The Kier molecular flexibility index (Phi) is 6.53. The first-order chi connectivity index (χ1) is 15.0. The lowest BCUT2D eigenvalue weighted by atomic mass is 9.96. The molecule has 0 heterocycles. The molecule has 0 spiro atoms. The van der Waals surface area contributed by atoms with Crippen LogP contribution in [0.2, 0.25) is 0 Å². The molecule has 31 heavy (non-hydrogen) atoms. The second kappa shape index (κ2) is 9.49. The fourth-order valence-electron chi connectivity index (χ4n) is 3.83. The molecule has 1 amide bonds. The summed E-state index contributed by atoms with van der Waals surface area (Å²) in [7, 11) is -3.56. The van der Waals surface area contributed by atoms with Gasteiger partial charge in [-0.25, -0.2) is 13.1 Å². The van der Waals surface area contributed by atoms with Crippen LogP contribution in [0.15, 0.2) is 71.6 Å². The lowest BCUT2D eigenvalue weighted by Crippen LogP contribution is -2.36. The highest BCUT2D eigenvalue weighted by Crippen LogP contribution is 2.22. The van der Waals surface area contributed by atoms with Crippen LogP contribution in [0.4, 0.5) is 5.69 Å². The standard InChI is InChI=1S/C24H26N2O4S/c27-24(17-30-22-13-10-18-6-4-5-7-19(18)16-22)25-20-11-14-23(15-12-20)31(28,29)26-21-8-2-1-3-9-21/h4-7,10-16,21,26H,1-3,8-9,17H2,(H,25,27). The zero-order chi connectivity index (χ0) is 21.7. The quantitative estimate of drug-likeness (QED) is 0.570. The number of rotatable bonds is 7. The van der Waals surface area contributed by atoms with E-state index < -0.39 is 10.0 Å². The van der Waals surface area contributed by atoms with E-state index in [1.807, 2.05) is 42.5 Å². The summed E-state index contributed by atoms with van der Waals surface area (Å²) >= 11 is 0. The normalized spacial score (nSPS) is 15.0. The van der Waals surface area contributed by atoms with Crippen LogP contribution in [0.3, 0.4) is 0 Å². The molecule has 1 aliphatic carbocycles. The van der Waals surface area contributed by atoms with Crippen molar-refractivity contribution in [1.82, 2.24) is 4.72 Å².